The van der Waals surface area contributed by atoms with Crippen LogP contribution in [-0.4, -0.2) is 65.0 Å². The van der Waals surface area contributed by atoms with Gasteiger partial charge in [-0.25, -0.2) is 0 Å². The largest absolute Gasteiger partial charge is 0.497 e. The SMILES string of the molecule is COc1ccc(CCC(=O)N2CCN(C(=O)CCc3nc(C(C)(C)C)no3)CC2)cc1. The van der Waals surface area contributed by atoms with Gasteiger partial charge in [0.05, 0.1) is 7.11 Å². The molecule has 0 saturated carbocycles. The summed E-state index contributed by atoms with van der Waals surface area (Å²) in [6, 6.07) is 7.78. The first-order chi connectivity index (χ1) is 14.8. The summed E-state index contributed by atoms with van der Waals surface area (Å²) in [6.45, 7) is 8.32. The zero-order chi connectivity index (χ0) is 22.4. The number of ether oxygens (including phenoxy) is 1. The highest BCUT2D eigenvalue weighted by Crippen LogP contribution is 2.19. The first-order valence-corrected chi connectivity index (χ1v) is 10.8. The third kappa shape index (κ3) is 6.29. The lowest BCUT2D eigenvalue weighted by Gasteiger charge is -2.35. The Morgan fingerprint density at radius 2 is 1.52 bits per heavy atom. The first kappa shape index (κ1) is 22.8. The Balaban J connectivity index is 1.39. The van der Waals surface area contributed by atoms with E-state index in [1.165, 1.54) is 0 Å². The number of amides is 2. The van der Waals surface area contributed by atoms with Crippen molar-refractivity contribution < 1.29 is 18.8 Å². The van der Waals surface area contributed by atoms with Crippen molar-refractivity contribution in [3.05, 3.63) is 41.5 Å². The fourth-order valence-electron chi connectivity index (χ4n) is 3.44. The summed E-state index contributed by atoms with van der Waals surface area (Å²) in [5.41, 5.74) is 0.931. The van der Waals surface area contributed by atoms with Gasteiger partial charge in [-0.1, -0.05) is 38.1 Å². The second kappa shape index (κ2) is 9.94. The second-order valence-electron chi connectivity index (χ2n) is 8.87. The van der Waals surface area contributed by atoms with Crippen molar-refractivity contribution in [2.24, 2.45) is 0 Å². The molecule has 0 atom stereocenters. The van der Waals surface area contributed by atoms with Crippen LogP contribution in [0.2, 0.25) is 0 Å². The van der Waals surface area contributed by atoms with Crippen LogP contribution in [-0.2, 0) is 27.8 Å². The number of aromatic nitrogens is 2. The van der Waals surface area contributed by atoms with Gasteiger partial charge in [-0.2, -0.15) is 4.98 Å². The number of aryl methyl sites for hydroxylation is 2. The van der Waals surface area contributed by atoms with Crippen molar-refractivity contribution >= 4 is 11.8 Å². The van der Waals surface area contributed by atoms with Crippen molar-refractivity contribution in [3.8, 4) is 5.75 Å². The summed E-state index contributed by atoms with van der Waals surface area (Å²) in [4.78, 5) is 33.1. The molecule has 0 aliphatic carbocycles. The second-order valence-corrected chi connectivity index (χ2v) is 8.87. The molecule has 0 spiro atoms. The summed E-state index contributed by atoms with van der Waals surface area (Å²) >= 11 is 0. The molecule has 2 heterocycles. The van der Waals surface area contributed by atoms with Gasteiger partial charge < -0.3 is 19.1 Å². The minimum Gasteiger partial charge on any atom is -0.497 e. The van der Waals surface area contributed by atoms with Crippen LogP contribution in [0.5, 0.6) is 5.75 Å². The zero-order valence-electron chi connectivity index (χ0n) is 18.9. The Morgan fingerprint density at radius 3 is 2.00 bits per heavy atom. The van der Waals surface area contributed by atoms with E-state index in [1.807, 2.05) is 54.8 Å². The molecule has 0 N–H and O–H groups in total. The van der Waals surface area contributed by atoms with E-state index in [2.05, 4.69) is 10.1 Å². The lowest BCUT2D eigenvalue weighted by Crippen LogP contribution is -2.50. The van der Waals surface area contributed by atoms with Crippen LogP contribution < -0.4 is 4.74 Å². The van der Waals surface area contributed by atoms with E-state index in [0.717, 1.165) is 11.3 Å². The number of benzene rings is 1. The smallest absolute Gasteiger partial charge is 0.227 e. The molecular formula is C23H32N4O4. The number of hydrogen-bond acceptors (Lipinski definition) is 6. The van der Waals surface area contributed by atoms with Crippen molar-refractivity contribution in [1.82, 2.24) is 19.9 Å². The monoisotopic (exact) mass is 428 g/mol. The molecule has 1 fully saturated rings. The fraction of sp³-hybridized carbons (Fsp3) is 0.565. The van der Waals surface area contributed by atoms with Gasteiger partial charge in [0.25, 0.3) is 0 Å². The lowest BCUT2D eigenvalue weighted by molar-refractivity contribution is -0.139. The third-order valence-electron chi connectivity index (χ3n) is 5.46. The molecule has 1 aliphatic heterocycles. The normalized spacial score (nSPS) is 14.6. The molecule has 1 aromatic heterocycles. The molecular weight excluding hydrogens is 396 g/mol. The van der Waals surface area contributed by atoms with Crippen molar-refractivity contribution in [1.29, 1.82) is 0 Å². The summed E-state index contributed by atoms with van der Waals surface area (Å²) < 4.78 is 10.4. The Hall–Kier alpha value is -2.90. The van der Waals surface area contributed by atoms with Gasteiger partial charge in [0.1, 0.15) is 5.75 Å². The molecule has 2 aromatic rings. The Bertz CT molecular complexity index is 878. The van der Waals surface area contributed by atoms with Crippen molar-refractivity contribution in [2.75, 3.05) is 33.3 Å². The molecule has 3 rings (SSSR count). The van der Waals surface area contributed by atoms with Gasteiger partial charge in [-0.15, -0.1) is 0 Å². The van der Waals surface area contributed by atoms with Crippen molar-refractivity contribution in [2.45, 2.75) is 51.9 Å². The molecule has 168 valence electrons. The van der Waals surface area contributed by atoms with Gasteiger partial charge in [0, 0.05) is 50.9 Å². The molecule has 1 aliphatic rings. The number of methoxy groups -OCH3 is 1. The first-order valence-electron chi connectivity index (χ1n) is 10.8. The standard InChI is InChI=1S/C23H32N4O4/c1-23(2,3)22-24-19(31-25-22)10-12-21(29)27-15-13-26(14-16-27)20(28)11-7-17-5-8-18(30-4)9-6-17/h5-6,8-9H,7,10-16H2,1-4H3. The Kier molecular flexibility index (Phi) is 7.30. The molecule has 8 nitrogen and oxygen atoms in total. The predicted molar refractivity (Wildman–Crippen MR) is 116 cm³/mol. The number of hydrogen-bond donors (Lipinski definition) is 0. The number of piperazine rings is 1. The quantitative estimate of drug-likeness (QED) is 0.674. The average molecular weight is 429 g/mol. The molecule has 1 aromatic carbocycles. The molecule has 0 bridgehead atoms. The van der Waals surface area contributed by atoms with Crippen LogP contribution in [0.4, 0.5) is 0 Å². The maximum Gasteiger partial charge on any atom is 0.227 e. The maximum absolute atomic E-state index is 12.5. The van der Waals surface area contributed by atoms with Crippen LogP contribution in [0, 0.1) is 0 Å². The topological polar surface area (TPSA) is 88.8 Å². The minimum atomic E-state index is -0.179. The minimum absolute atomic E-state index is 0.0563. The van der Waals surface area contributed by atoms with Gasteiger partial charge in [0.15, 0.2) is 5.82 Å². The van der Waals surface area contributed by atoms with E-state index in [0.29, 0.717) is 63.6 Å². The van der Waals surface area contributed by atoms with Crippen LogP contribution in [0.15, 0.2) is 28.8 Å². The predicted octanol–water partition coefficient (Wildman–Crippen LogP) is 2.61. The highest BCUT2D eigenvalue weighted by molar-refractivity contribution is 5.78. The van der Waals surface area contributed by atoms with Crippen molar-refractivity contribution in [3.63, 3.8) is 0 Å². The van der Waals surface area contributed by atoms with E-state index in [1.54, 1.807) is 7.11 Å². The molecule has 31 heavy (non-hydrogen) atoms. The third-order valence-corrected chi connectivity index (χ3v) is 5.46. The van der Waals surface area contributed by atoms with E-state index in [9.17, 15) is 9.59 Å². The number of rotatable bonds is 7. The highest BCUT2D eigenvalue weighted by Gasteiger charge is 2.25. The number of nitrogens with zero attached hydrogens (tertiary/aromatic N) is 4. The van der Waals surface area contributed by atoms with E-state index >= 15 is 0 Å². The lowest BCUT2D eigenvalue weighted by atomic mass is 9.96. The Morgan fingerprint density at radius 1 is 0.968 bits per heavy atom. The molecule has 0 unspecified atom stereocenters. The molecule has 2 amide bonds. The maximum atomic E-state index is 12.5. The van der Waals surface area contributed by atoms with E-state index in [-0.39, 0.29) is 17.2 Å². The fourth-order valence-corrected chi connectivity index (χ4v) is 3.44. The average Bonchev–Trinajstić information content (AvgIpc) is 3.26. The van der Waals surface area contributed by atoms with Crippen LogP contribution in [0.25, 0.3) is 0 Å². The highest BCUT2D eigenvalue weighted by atomic mass is 16.5. The molecule has 1 saturated heterocycles. The van der Waals surface area contributed by atoms with Gasteiger partial charge >= 0.3 is 0 Å². The summed E-state index contributed by atoms with van der Waals surface area (Å²) in [5.74, 6) is 2.14. The van der Waals surface area contributed by atoms with E-state index in [4.69, 9.17) is 9.26 Å². The summed E-state index contributed by atoms with van der Waals surface area (Å²) in [6.07, 6.45) is 1.93. The van der Waals surface area contributed by atoms with Crippen LogP contribution >= 0.6 is 0 Å². The number of carbonyl (C=O) groups excluding carboxylic acids is 2. The molecule has 0 radical (unpaired) electrons. The number of carbonyl (C=O) groups is 2. The Labute approximate surface area is 183 Å². The van der Waals surface area contributed by atoms with Gasteiger partial charge in [-0.05, 0) is 24.1 Å². The summed E-state index contributed by atoms with van der Waals surface area (Å²) in [5, 5.41) is 3.99. The molecule has 8 heteroatoms. The summed E-state index contributed by atoms with van der Waals surface area (Å²) in [7, 11) is 1.64. The van der Waals surface area contributed by atoms with E-state index < -0.39 is 0 Å². The zero-order valence-corrected chi connectivity index (χ0v) is 18.9. The van der Waals surface area contributed by atoms with Gasteiger partial charge in [0.2, 0.25) is 17.7 Å². The van der Waals surface area contributed by atoms with Gasteiger partial charge in [-0.3, -0.25) is 9.59 Å². The van der Waals surface area contributed by atoms with Crippen LogP contribution in [0.1, 0.15) is 50.9 Å². The van der Waals surface area contributed by atoms with Crippen LogP contribution in [0.3, 0.4) is 0 Å².